The van der Waals surface area contributed by atoms with Crippen molar-refractivity contribution in [2.75, 3.05) is 4.90 Å². The number of hydrogen-bond acceptors (Lipinski definition) is 4. The molecule has 1 amide bonds. The average Bonchev–Trinajstić information content (AvgIpc) is 3.47. The maximum atomic E-state index is 13.4. The van der Waals surface area contributed by atoms with E-state index in [-0.39, 0.29) is 11.3 Å². The molecule has 2 aromatic carbocycles. The van der Waals surface area contributed by atoms with Crippen LogP contribution in [0.1, 0.15) is 39.0 Å². The first-order chi connectivity index (χ1) is 15.4. The third-order valence-electron chi connectivity index (χ3n) is 6.18. The van der Waals surface area contributed by atoms with Crippen molar-refractivity contribution in [3.63, 3.8) is 0 Å². The predicted octanol–water partition coefficient (Wildman–Crippen LogP) is 5.47. The maximum Gasteiger partial charge on any atom is 0.294 e. The van der Waals surface area contributed by atoms with Crippen LogP contribution < -0.4 is 4.90 Å². The van der Waals surface area contributed by atoms with Gasteiger partial charge in [0.15, 0.2) is 11.5 Å². The molecule has 1 aliphatic rings. The van der Waals surface area contributed by atoms with E-state index in [0.29, 0.717) is 5.69 Å². The Balaban J connectivity index is 1.78. The number of benzene rings is 2. The number of Topliss-reactive ketones (excluding diaryl/α,β-unsaturated/α-hetero) is 1. The van der Waals surface area contributed by atoms with Crippen molar-refractivity contribution in [2.24, 2.45) is 0 Å². The lowest BCUT2D eigenvalue weighted by atomic mass is 9.92. The summed E-state index contributed by atoms with van der Waals surface area (Å²) in [6, 6.07) is 15.7. The monoisotopic (exact) mass is 426 g/mol. The summed E-state index contributed by atoms with van der Waals surface area (Å²) in [5, 5.41) is 11.8. The van der Waals surface area contributed by atoms with E-state index in [9.17, 15) is 14.7 Å². The van der Waals surface area contributed by atoms with Gasteiger partial charge >= 0.3 is 0 Å². The van der Waals surface area contributed by atoms with Gasteiger partial charge in [-0.2, -0.15) is 0 Å². The summed E-state index contributed by atoms with van der Waals surface area (Å²) in [5.41, 5.74) is 5.20. The van der Waals surface area contributed by atoms with E-state index in [1.807, 2.05) is 63.2 Å². The number of hydrogen-bond donors (Lipinski definition) is 2. The number of aryl methyl sites for hydroxylation is 3. The molecular weight excluding hydrogens is 404 g/mol. The van der Waals surface area contributed by atoms with Gasteiger partial charge in [-0.25, -0.2) is 0 Å². The number of para-hydroxylation sites is 1. The van der Waals surface area contributed by atoms with Crippen molar-refractivity contribution in [1.29, 1.82) is 0 Å². The van der Waals surface area contributed by atoms with E-state index in [0.717, 1.165) is 33.3 Å². The zero-order valence-corrected chi connectivity index (χ0v) is 18.0. The number of ketones is 1. The molecule has 0 spiro atoms. The van der Waals surface area contributed by atoms with Crippen LogP contribution in [0.25, 0.3) is 10.9 Å². The SMILES string of the molecule is Cc1ccc(N2C(=O)C(O)=C(C(=O)c3ccco3)C2c2c(C)[nH]c3ccccc23)cc1C. The Morgan fingerprint density at radius 1 is 1.03 bits per heavy atom. The van der Waals surface area contributed by atoms with E-state index in [1.165, 1.54) is 17.2 Å². The van der Waals surface area contributed by atoms with Crippen molar-refractivity contribution in [1.82, 2.24) is 4.98 Å². The van der Waals surface area contributed by atoms with Gasteiger partial charge in [-0.05, 0) is 62.2 Å². The van der Waals surface area contributed by atoms with Crippen LogP contribution in [0.15, 0.2) is 76.6 Å². The van der Waals surface area contributed by atoms with Crippen LogP contribution in [0.4, 0.5) is 5.69 Å². The third-order valence-corrected chi connectivity index (χ3v) is 6.18. The zero-order valence-electron chi connectivity index (χ0n) is 18.0. The summed E-state index contributed by atoms with van der Waals surface area (Å²) in [6.45, 7) is 5.87. The van der Waals surface area contributed by atoms with E-state index >= 15 is 0 Å². The normalized spacial score (nSPS) is 16.4. The molecular formula is C26H22N2O4. The van der Waals surface area contributed by atoms with Crippen molar-refractivity contribution < 1.29 is 19.1 Å². The second-order valence-electron chi connectivity index (χ2n) is 8.12. The Kier molecular flexibility index (Phi) is 4.51. The van der Waals surface area contributed by atoms with Gasteiger partial charge in [-0.3, -0.25) is 14.5 Å². The fraction of sp³-hybridized carbons (Fsp3) is 0.154. The van der Waals surface area contributed by atoms with Gasteiger partial charge in [0.25, 0.3) is 5.91 Å². The van der Waals surface area contributed by atoms with Crippen molar-refractivity contribution in [3.8, 4) is 0 Å². The topological polar surface area (TPSA) is 86.5 Å². The standard InChI is InChI=1S/C26H22N2O4/c1-14-10-11-17(13-15(14)2)28-23(21-16(3)27-19-8-5-4-7-18(19)21)22(25(30)26(28)31)24(29)20-9-6-12-32-20/h4-13,23,27,30H,1-3H3. The molecule has 4 aromatic rings. The lowest BCUT2D eigenvalue weighted by Crippen LogP contribution is -2.31. The molecule has 2 aromatic heterocycles. The van der Waals surface area contributed by atoms with Crippen LogP contribution in [0.3, 0.4) is 0 Å². The van der Waals surface area contributed by atoms with Crippen LogP contribution in [0.2, 0.25) is 0 Å². The number of aromatic nitrogens is 1. The van der Waals surface area contributed by atoms with Crippen molar-refractivity contribution in [3.05, 3.63) is 100 Å². The van der Waals surface area contributed by atoms with Crippen molar-refractivity contribution >= 4 is 28.3 Å². The molecule has 160 valence electrons. The Hall–Kier alpha value is -4.06. The molecule has 1 atom stereocenters. The number of aliphatic hydroxyl groups is 1. The molecule has 0 bridgehead atoms. The molecule has 2 N–H and O–H groups in total. The molecule has 0 fully saturated rings. The van der Waals surface area contributed by atoms with Gasteiger partial charge in [0, 0.05) is 27.8 Å². The number of fused-ring (bicyclic) bond motifs is 1. The number of aromatic amines is 1. The highest BCUT2D eigenvalue weighted by molar-refractivity contribution is 6.20. The summed E-state index contributed by atoms with van der Waals surface area (Å²) in [7, 11) is 0. The smallest absolute Gasteiger partial charge is 0.294 e. The summed E-state index contributed by atoms with van der Waals surface area (Å²) in [6.07, 6.45) is 1.40. The average molecular weight is 426 g/mol. The number of nitrogens with one attached hydrogen (secondary N) is 1. The number of furan rings is 1. The van der Waals surface area contributed by atoms with Crippen LogP contribution in [0.5, 0.6) is 0 Å². The highest BCUT2D eigenvalue weighted by atomic mass is 16.3. The molecule has 0 saturated heterocycles. The van der Waals surface area contributed by atoms with E-state index in [2.05, 4.69) is 4.98 Å². The Morgan fingerprint density at radius 3 is 2.53 bits per heavy atom. The van der Waals surface area contributed by atoms with E-state index < -0.39 is 23.5 Å². The Morgan fingerprint density at radius 2 is 1.81 bits per heavy atom. The number of carbonyl (C=O) groups is 2. The summed E-state index contributed by atoms with van der Waals surface area (Å²) in [4.78, 5) is 31.6. The molecule has 5 rings (SSSR count). The van der Waals surface area contributed by atoms with Gasteiger partial charge < -0.3 is 14.5 Å². The maximum absolute atomic E-state index is 13.4. The molecule has 6 heteroatoms. The first-order valence-corrected chi connectivity index (χ1v) is 10.4. The number of aliphatic hydroxyl groups excluding tert-OH is 1. The van der Waals surface area contributed by atoms with Gasteiger partial charge in [-0.1, -0.05) is 24.3 Å². The van der Waals surface area contributed by atoms with Gasteiger partial charge in [-0.15, -0.1) is 0 Å². The van der Waals surface area contributed by atoms with E-state index in [1.54, 1.807) is 6.07 Å². The second kappa shape index (κ2) is 7.27. The quantitative estimate of drug-likeness (QED) is 0.424. The van der Waals surface area contributed by atoms with Gasteiger partial charge in [0.1, 0.15) is 0 Å². The van der Waals surface area contributed by atoms with Crippen LogP contribution in [0, 0.1) is 20.8 Å². The predicted molar refractivity (Wildman–Crippen MR) is 122 cm³/mol. The first-order valence-electron chi connectivity index (χ1n) is 10.4. The minimum absolute atomic E-state index is 0.0102. The van der Waals surface area contributed by atoms with Crippen molar-refractivity contribution in [2.45, 2.75) is 26.8 Å². The molecule has 3 heterocycles. The lowest BCUT2D eigenvalue weighted by Gasteiger charge is -2.27. The van der Waals surface area contributed by atoms with E-state index in [4.69, 9.17) is 4.42 Å². The third kappa shape index (κ3) is 2.87. The fourth-order valence-electron chi connectivity index (χ4n) is 4.44. The fourth-order valence-corrected chi connectivity index (χ4v) is 4.44. The molecule has 1 aliphatic heterocycles. The molecule has 0 saturated carbocycles. The van der Waals surface area contributed by atoms with Crippen LogP contribution in [-0.4, -0.2) is 21.8 Å². The highest BCUT2D eigenvalue weighted by Gasteiger charge is 2.46. The zero-order chi connectivity index (χ0) is 22.6. The molecule has 6 nitrogen and oxygen atoms in total. The number of nitrogens with zero attached hydrogens (tertiary/aromatic N) is 1. The first kappa shape index (κ1) is 19.9. The highest BCUT2D eigenvalue weighted by Crippen LogP contribution is 2.45. The van der Waals surface area contributed by atoms with Gasteiger partial charge in [0.2, 0.25) is 5.78 Å². The molecule has 1 unspecified atom stereocenters. The molecule has 0 radical (unpaired) electrons. The Bertz CT molecular complexity index is 1410. The molecule has 0 aliphatic carbocycles. The summed E-state index contributed by atoms with van der Waals surface area (Å²) < 4.78 is 5.32. The minimum atomic E-state index is -0.807. The minimum Gasteiger partial charge on any atom is -0.503 e. The number of carbonyl (C=O) groups excluding carboxylic acids is 2. The Labute approximate surface area is 184 Å². The number of H-pyrrole nitrogens is 1. The number of rotatable bonds is 4. The number of amides is 1. The van der Waals surface area contributed by atoms with Crippen LogP contribution >= 0.6 is 0 Å². The van der Waals surface area contributed by atoms with Crippen LogP contribution in [-0.2, 0) is 4.79 Å². The number of anilines is 1. The van der Waals surface area contributed by atoms with Gasteiger partial charge in [0.05, 0.1) is 17.9 Å². The summed E-state index contributed by atoms with van der Waals surface area (Å²) in [5.74, 6) is -1.61. The second-order valence-corrected chi connectivity index (χ2v) is 8.12. The molecule has 32 heavy (non-hydrogen) atoms. The lowest BCUT2D eigenvalue weighted by molar-refractivity contribution is -0.117. The largest absolute Gasteiger partial charge is 0.503 e. The summed E-state index contributed by atoms with van der Waals surface area (Å²) >= 11 is 0.